The van der Waals surface area contributed by atoms with Crippen molar-refractivity contribution in [3.8, 4) is 0 Å². The summed E-state index contributed by atoms with van der Waals surface area (Å²) in [5, 5.41) is -0.452. The monoisotopic (exact) mass is 250 g/mol. The van der Waals surface area contributed by atoms with E-state index < -0.39 is 15.3 Å². The Morgan fingerprint density at radius 3 is 2.06 bits per heavy atom. The van der Waals surface area contributed by atoms with Crippen LogP contribution in [0, 0.1) is 5.92 Å². The fourth-order valence-corrected chi connectivity index (χ4v) is 3.54. The van der Waals surface area contributed by atoms with E-state index in [1.807, 2.05) is 13.8 Å². The average molecular weight is 250 g/mol. The van der Waals surface area contributed by atoms with Gasteiger partial charge in [-0.2, -0.15) is 0 Å². The molecule has 2 atom stereocenters. The van der Waals surface area contributed by atoms with Crippen LogP contribution >= 0.6 is 0 Å². The predicted molar refractivity (Wildman–Crippen MR) is 68.7 cm³/mol. The number of hydrogen-bond donors (Lipinski definition) is 1. The molecule has 0 bridgehead atoms. The summed E-state index contributed by atoms with van der Waals surface area (Å²) in [7, 11) is -1.58. The molecule has 5 heteroatoms. The van der Waals surface area contributed by atoms with Gasteiger partial charge >= 0.3 is 0 Å². The van der Waals surface area contributed by atoms with Gasteiger partial charge in [0.15, 0.2) is 0 Å². The van der Waals surface area contributed by atoms with Crippen LogP contribution in [0.2, 0.25) is 0 Å². The molecule has 4 nitrogen and oxygen atoms in total. The molecule has 0 aromatic rings. The Hall–Kier alpha value is -0.130. The molecule has 0 fully saturated rings. The smallest absolute Gasteiger partial charge is 0.218 e. The number of rotatable bonds is 7. The number of hydrogen-bond acceptors (Lipinski definition) is 3. The molecule has 0 aromatic heterocycles. The van der Waals surface area contributed by atoms with Crippen molar-refractivity contribution in [2.75, 3.05) is 13.6 Å². The van der Waals surface area contributed by atoms with Crippen LogP contribution < -0.4 is 5.73 Å². The lowest BCUT2D eigenvalue weighted by molar-refractivity contribution is 0.333. The van der Waals surface area contributed by atoms with E-state index in [1.54, 1.807) is 7.05 Å². The van der Waals surface area contributed by atoms with Gasteiger partial charge in [-0.25, -0.2) is 12.7 Å². The van der Waals surface area contributed by atoms with Gasteiger partial charge in [0.1, 0.15) is 0 Å². The lowest BCUT2D eigenvalue weighted by Crippen LogP contribution is -2.44. The summed E-state index contributed by atoms with van der Waals surface area (Å²) in [5.74, 6) is 0.491. The second-order valence-corrected chi connectivity index (χ2v) is 7.08. The van der Waals surface area contributed by atoms with Crippen LogP contribution in [0.5, 0.6) is 0 Å². The molecule has 0 aliphatic carbocycles. The zero-order chi connectivity index (χ0) is 12.9. The molecule has 0 aliphatic heterocycles. The van der Waals surface area contributed by atoms with Crippen LogP contribution in [-0.4, -0.2) is 37.6 Å². The standard InChI is InChI=1S/C11H26N2O2S/c1-6-11(8-12)16(14,15)13(5)10(4)7-9(2)3/h9-11H,6-8,12H2,1-5H3. The molecule has 0 aliphatic rings. The highest BCUT2D eigenvalue weighted by Gasteiger charge is 2.30. The third-order valence-electron chi connectivity index (χ3n) is 2.97. The maximum Gasteiger partial charge on any atom is 0.218 e. The maximum atomic E-state index is 12.2. The van der Waals surface area contributed by atoms with Crippen molar-refractivity contribution in [3.63, 3.8) is 0 Å². The molecule has 0 rings (SSSR count). The van der Waals surface area contributed by atoms with E-state index in [0.29, 0.717) is 12.3 Å². The Kier molecular flexibility index (Phi) is 6.51. The van der Waals surface area contributed by atoms with Crippen LogP contribution in [0.3, 0.4) is 0 Å². The van der Waals surface area contributed by atoms with E-state index in [1.165, 1.54) is 4.31 Å². The number of sulfonamides is 1. The summed E-state index contributed by atoms with van der Waals surface area (Å²) in [4.78, 5) is 0. The Labute approximate surface area is 100 Å². The van der Waals surface area contributed by atoms with Gasteiger partial charge in [-0.1, -0.05) is 20.8 Å². The van der Waals surface area contributed by atoms with Gasteiger partial charge in [0, 0.05) is 19.6 Å². The van der Waals surface area contributed by atoms with Crippen molar-refractivity contribution >= 4 is 10.0 Å². The molecule has 16 heavy (non-hydrogen) atoms. The third kappa shape index (κ3) is 4.03. The molecule has 0 saturated heterocycles. The average Bonchev–Trinajstić information content (AvgIpc) is 2.16. The summed E-state index contributed by atoms with van der Waals surface area (Å²) in [6, 6.07) is 0.0330. The van der Waals surface area contributed by atoms with Crippen molar-refractivity contribution in [1.82, 2.24) is 4.31 Å². The van der Waals surface area contributed by atoms with Crippen LogP contribution in [-0.2, 0) is 10.0 Å². The first-order valence-corrected chi connectivity index (χ1v) is 7.44. The zero-order valence-corrected chi connectivity index (χ0v) is 11.9. The Balaban J connectivity index is 4.75. The molecule has 2 N–H and O–H groups in total. The molecule has 0 radical (unpaired) electrons. The molecular formula is C11H26N2O2S. The van der Waals surface area contributed by atoms with Gasteiger partial charge in [0.2, 0.25) is 10.0 Å². The summed E-state index contributed by atoms with van der Waals surface area (Å²) in [6.07, 6.45) is 1.44. The lowest BCUT2D eigenvalue weighted by atomic mass is 10.1. The van der Waals surface area contributed by atoms with Crippen molar-refractivity contribution < 1.29 is 8.42 Å². The van der Waals surface area contributed by atoms with Gasteiger partial charge in [0.25, 0.3) is 0 Å². The second kappa shape index (κ2) is 6.57. The Morgan fingerprint density at radius 1 is 1.25 bits per heavy atom. The molecule has 0 amide bonds. The molecule has 0 aromatic carbocycles. The molecule has 2 unspecified atom stereocenters. The van der Waals surface area contributed by atoms with Crippen molar-refractivity contribution in [3.05, 3.63) is 0 Å². The first-order valence-electron chi connectivity index (χ1n) is 5.94. The van der Waals surface area contributed by atoms with Crippen LogP contribution in [0.4, 0.5) is 0 Å². The van der Waals surface area contributed by atoms with Crippen LogP contribution in [0.1, 0.15) is 40.5 Å². The highest BCUT2D eigenvalue weighted by atomic mass is 32.2. The quantitative estimate of drug-likeness (QED) is 0.743. The Morgan fingerprint density at radius 2 is 1.75 bits per heavy atom. The zero-order valence-electron chi connectivity index (χ0n) is 11.1. The summed E-state index contributed by atoms with van der Waals surface area (Å²) in [5.41, 5.74) is 5.50. The molecule has 0 saturated carbocycles. The minimum Gasteiger partial charge on any atom is -0.329 e. The van der Waals surface area contributed by atoms with E-state index in [9.17, 15) is 8.42 Å². The topological polar surface area (TPSA) is 63.4 Å². The summed E-state index contributed by atoms with van der Waals surface area (Å²) >= 11 is 0. The van der Waals surface area contributed by atoms with Crippen molar-refractivity contribution in [2.24, 2.45) is 11.7 Å². The summed E-state index contributed by atoms with van der Waals surface area (Å²) in [6.45, 7) is 8.18. The second-order valence-electron chi connectivity index (χ2n) is 4.81. The van der Waals surface area contributed by atoms with Crippen LogP contribution in [0.25, 0.3) is 0 Å². The van der Waals surface area contributed by atoms with E-state index in [0.717, 1.165) is 6.42 Å². The van der Waals surface area contributed by atoms with E-state index in [2.05, 4.69) is 13.8 Å². The predicted octanol–water partition coefficient (Wildman–Crippen LogP) is 1.42. The van der Waals surface area contributed by atoms with E-state index in [4.69, 9.17) is 5.73 Å². The van der Waals surface area contributed by atoms with E-state index >= 15 is 0 Å². The minimum absolute atomic E-state index is 0.0330. The van der Waals surface area contributed by atoms with Gasteiger partial charge < -0.3 is 5.73 Å². The van der Waals surface area contributed by atoms with Gasteiger partial charge in [-0.3, -0.25) is 0 Å². The van der Waals surface area contributed by atoms with Crippen molar-refractivity contribution in [1.29, 1.82) is 0 Å². The third-order valence-corrected chi connectivity index (χ3v) is 5.51. The van der Waals surface area contributed by atoms with E-state index in [-0.39, 0.29) is 12.6 Å². The lowest BCUT2D eigenvalue weighted by Gasteiger charge is -2.29. The Bertz CT molecular complexity index is 284. The van der Waals surface area contributed by atoms with Gasteiger partial charge in [0.05, 0.1) is 5.25 Å². The van der Waals surface area contributed by atoms with Crippen molar-refractivity contribution in [2.45, 2.75) is 51.8 Å². The fourth-order valence-electron chi connectivity index (χ4n) is 1.82. The largest absolute Gasteiger partial charge is 0.329 e. The summed E-state index contributed by atoms with van der Waals surface area (Å²) < 4.78 is 25.8. The maximum absolute atomic E-state index is 12.2. The minimum atomic E-state index is -3.24. The first-order chi connectivity index (χ1) is 7.27. The SMILES string of the molecule is CCC(CN)S(=O)(=O)N(C)C(C)CC(C)C. The fraction of sp³-hybridized carbons (Fsp3) is 1.00. The van der Waals surface area contributed by atoms with Crippen LogP contribution in [0.15, 0.2) is 0 Å². The molecule has 0 spiro atoms. The number of nitrogens with zero attached hydrogens (tertiary/aromatic N) is 1. The molecule has 0 heterocycles. The first kappa shape index (κ1) is 15.9. The van der Waals surface area contributed by atoms with Gasteiger partial charge in [-0.05, 0) is 25.7 Å². The number of nitrogens with two attached hydrogens (primary N) is 1. The molecule has 98 valence electrons. The highest BCUT2D eigenvalue weighted by Crippen LogP contribution is 2.17. The van der Waals surface area contributed by atoms with Gasteiger partial charge in [-0.15, -0.1) is 0 Å². The normalized spacial score (nSPS) is 16.8. The highest BCUT2D eigenvalue weighted by molar-refractivity contribution is 7.89. The molecular weight excluding hydrogens is 224 g/mol.